The van der Waals surface area contributed by atoms with Crippen molar-refractivity contribution < 1.29 is 29.3 Å². The summed E-state index contributed by atoms with van der Waals surface area (Å²) in [5, 5.41) is 17.8. The van der Waals surface area contributed by atoms with Gasteiger partial charge in [0.2, 0.25) is 0 Å². The highest BCUT2D eigenvalue weighted by molar-refractivity contribution is 5.93. The van der Waals surface area contributed by atoms with Gasteiger partial charge in [0, 0.05) is 19.0 Å². The van der Waals surface area contributed by atoms with Crippen LogP contribution in [0.5, 0.6) is 0 Å². The highest BCUT2D eigenvalue weighted by Gasteiger charge is 2.41. The minimum Gasteiger partial charge on any atom is -0.481 e. The Balaban J connectivity index is 2.65. The number of nitrogens with zero attached hydrogens (tertiary/aromatic N) is 1. The summed E-state index contributed by atoms with van der Waals surface area (Å²) in [6.07, 6.45) is -0.188. The zero-order valence-electron chi connectivity index (χ0n) is 11.3. The van der Waals surface area contributed by atoms with Crippen LogP contribution in [0.25, 0.3) is 0 Å². The first kappa shape index (κ1) is 15.3. The first-order valence-electron chi connectivity index (χ1n) is 6.05. The summed E-state index contributed by atoms with van der Waals surface area (Å²) in [6, 6.07) is 0. The smallest absolute Gasteiger partial charge is 0.410 e. The van der Waals surface area contributed by atoms with E-state index in [0.29, 0.717) is 13.0 Å². The third-order valence-electron chi connectivity index (χ3n) is 2.88. The first-order chi connectivity index (χ1) is 8.61. The number of carbonyl (C=O) groups excluding carboxylic acids is 1. The fourth-order valence-electron chi connectivity index (χ4n) is 2.06. The number of likely N-dealkylation sites (tertiary alicyclic amines) is 1. The third-order valence-corrected chi connectivity index (χ3v) is 2.88. The molecule has 7 nitrogen and oxygen atoms in total. The third kappa shape index (κ3) is 4.11. The van der Waals surface area contributed by atoms with Crippen LogP contribution < -0.4 is 0 Å². The van der Waals surface area contributed by atoms with E-state index in [0.717, 1.165) is 0 Å². The van der Waals surface area contributed by atoms with Crippen molar-refractivity contribution >= 4 is 18.0 Å². The Bertz CT molecular complexity index is 372. The van der Waals surface area contributed by atoms with Crippen molar-refractivity contribution in [1.29, 1.82) is 0 Å². The highest BCUT2D eigenvalue weighted by atomic mass is 16.6. The molecule has 19 heavy (non-hydrogen) atoms. The minimum atomic E-state index is -1.48. The van der Waals surface area contributed by atoms with E-state index in [2.05, 4.69) is 0 Å². The molecule has 7 heteroatoms. The molecule has 1 aliphatic heterocycles. The fourth-order valence-corrected chi connectivity index (χ4v) is 2.06. The van der Waals surface area contributed by atoms with Crippen LogP contribution in [0, 0.1) is 11.8 Å². The lowest BCUT2D eigenvalue weighted by Crippen LogP contribution is -2.37. The first-order valence-corrected chi connectivity index (χ1v) is 6.05. The van der Waals surface area contributed by atoms with Crippen molar-refractivity contribution in [3.05, 3.63) is 0 Å². The van der Waals surface area contributed by atoms with Crippen molar-refractivity contribution in [1.82, 2.24) is 4.90 Å². The van der Waals surface area contributed by atoms with Crippen LogP contribution in [0.15, 0.2) is 0 Å². The van der Waals surface area contributed by atoms with Gasteiger partial charge in [0.05, 0.1) is 0 Å². The van der Waals surface area contributed by atoms with Crippen LogP contribution in [-0.4, -0.2) is 51.8 Å². The molecule has 0 aromatic carbocycles. The van der Waals surface area contributed by atoms with Crippen molar-refractivity contribution in [2.24, 2.45) is 11.8 Å². The van der Waals surface area contributed by atoms with E-state index in [9.17, 15) is 14.4 Å². The van der Waals surface area contributed by atoms with Gasteiger partial charge in [-0.15, -0.1) is 0 Å². The molecule has 1 atom stereocenters. The van der Waals surface area contributed by atoms with E-state index < -0.39 is 35.5 Å². The molecule has 0 aromatic rings. The van der Waals surface area contributed by atoms with Crippen molar-refractivity contribution in [2.75, 3.05) is 13.1 Å². The summed E-state index contributed by atoms with van der Waals surface area (Å²) in [5.74, 6) is -4.80. The van der Waals surface area contributed by atoms with E-state index >= 15 is 0 Å². The van der Waals surface area contributed by atoms with Gasteiger partial charge in [0.1, 0.15) is 5.60 Å². The van der Waals surface area contributed by atoms with Crippen LogP contribution in [0.2, 0.25) is 0 Å². The fraction of sp³-hybridized carbons (Fsp3) is 0.750. The predicted molar refractivity (Wildman–Crippen MR) is 64.7 cm³/mol. The maximum absolute atomic E-state index is 11.8. The molecule has 0 bridgehead atoms. The topological polar surface area (TPSA) is 104 Å². The number of hydrogen-bond donors (Lipinski definition) is 2. The van der Waals surface area contributed by atoms with Crippen LogP contribution in [0.3, 0.4) is 0 Å². The Labute approximate surface area is 111 Å². The van der Waals surface area contributed by atoms with Crippen LogP contribution in [-0.2, 0) is 14.3 Å². The molecule has 0 saturated carbocycles. The molecular weight excluding hydrogens is 254 g/mol. The Morgan fingerprint density at radius 2 is 1.74 bits per heavy atom. The van der Waals surface area contributed by atoms with E-state index in [4.69, 9.17) is 14.9 Å². The lowest BCUT2D eigenvalue weighted by atomic mass is 9.92. The maximum Gasteiger partial charge on any atom is 0.410 e. The lowest BCUT2D eigenvalue weighted by molar-refractivity contribution is -0.157. The quantitative estimate of drug-likeness (QED) is 0.744. The van der Waals surface area contributed by atoms with Crippen molar-refractivity contribution in [3.8, 4) is 0 Å². The number of rotatable bonds is 3. The van der Waals surface area contributed by atoms with E-state index in [1.54, 1.807) is 20.8 Å². The van der Waals surface area contributed by atoms with Gasteiger partial charge < -0.3 is 19.8 Å². The van der Waals surface area contributed by atoms with E-state index in [1.807, 2.05) is 0 Å². The molecule has 2 N–H and O–H groups in total. The van der Waals surface area contributed by atoms with Crippen LogP contribution in [0.4, 0.5) is 4.79 Å². The van der Waals surface area contributed by atoms with Gasteiger partial charge in [-0.3, -0.25) is 9.59 Å². The summed E-state index contributed by atoms with van der Waals surface area (Å²) in [7, 11) is 0. The maximum atomic E-state index is 11.8. The monoisotopic (exact) mass is 273 g/mol. The van der Waals surface area contributed by atoms with Crippen molar-refractivity contribution in [2.45, 2.75) is 32.8 Å². The number of amides is 1. The number of ether oxygens (including phenoxy) is 1. The number of carboxylic acid groups (broad SMARTS) is 2. The molecule has 0 aliphatic carbocycles. The molecule has 108 valence electrons. The molecule has 1 aliphatic rings. The average Bonchev–Trinajstić information content (AvgIpc) is 2.62. The van der Waals surface area contributed by atoms with Gasteiger partial charge in [-0.2, -0.15) is 0 Å². The van der Waals surface area contributed by atoms with E-state index in [1.165, 1.54) is 4.90 Å². The number of hydrogen-bond acceptors (Lipinski definition) is 4. The minimum absolute atomic E-state index is 0.0954. The number of carbonyl (C=O) groups is 3. The zero-order valence-corrected chi connectivity index (χ0v) is 11.3. The molecule has 0 unspecified atom stereocenters. The SMILES string of the molecule is CC(C)(C)OC(=O)N1CC[C@@H](C(C(=O)O)C(=O)O)C1. The average molecular weight is 273 g/mol. The Morgan fingerprint density at radius 1 is 1.21 bits per heavy atom. The molecule has 1 heterocycles. The molecule has 0 aromatic heterocycles. The molecular formula is C12H19NO6. The van der Waals surface area contributed by atoms with Gasteiger partial charge in [-0.1, -0.05) is 0 Å². The number of aliphatic carboxylic acids is 2. The van der Waals surface area contributed by atoms with Gasteiger partial charge in [-0.05, 0) is 27.2 Å². The standard InChI is InChI=1S/C12H19NO6/c1-12(2,3)19-11(18)13-5-4-7(6-13)8(9(14)15)10(16)17/h7-8H,4-6H2,1-3H3,(H,14,15)(H,16,17)/t7-/m1/s1. The molecule has 1 rings (SSSR count). The Kier molecular flexibility index (Phi) is 4.39. The summed E-state index contributed by atoms with van der Waals surface area (Å²) >= 11 is 0. The van der Waals surface area contributed by atoms with Crippen LogP contribution >= 0.6 is 0 Å². The summed E-state index contributed by atoms with van der Waals surface area (Å²) in [4.78, 5) is 35.0. The molecule has 1 amide bonds. The molecule has 1 fully saturated rings. The summed E-state index contributed by atoms with van der Waals surface area (Å²) in [5.41, 5.74) is -0.631. The molecule has 1 saturated heterocycles. The van der Waals surface area contributed by atoms with Gasteiger partial charge >= 0.3 is 18.0 Å². The van der Waals surface area contributed by atoms with Gasteiger partial charge in [0.25, 0.3) is 0 Å². The molecule has 0 spiro atoms. The second kappa shape index (κ2) is 5.46. The summed E-state index contributed by atoms with van der Waals surface area (Å²) in [6.45, 7) is 5.61. The predicted octanol–water partition coefficient (Wildman–Crippen LogP) is 1.03. The normalized spacial score (nSPS) is 19.6. The largest absolute Gasteiger partial charge is 0.481 e. The van der Waals surface area contributed by atoms with Crippen molar-refractivity contribution in [3.63, 3.8) is 0 Å². The highest BCUT2D eigenvalue weighted by Crippen LogP contribution is 2.26. The second-order valence-corrected chi connectivity index (χ2v) is 5.63. The Hall–Kier alpha value is -1.79. The second-order valence-electron chi connectivity index (χ2n) is 5.63. The summed E-state index contributed by atoms with van der Waals surface area (Å²) < 4.78 is 5.16. The lowest BCUT2D eigenvalue weighted by Gasteiger charge is -2.24. The Morgan fingerprint density at radius 3 is 2.16 bits per heavy atom. The molecule has 0 radical (unpaired) electrons. The van der Waals surface area contributed by atoms with Gasteiger partial charge in [-0.25, -0.2) is 4.79 Å². The van der Waals surface area contributed by atoms with Gasteiger partial charge in [0.15, 0.2) is 5.92 Å². The zero-order chi connectivity index (χ0) is 14.8. The van der Waals surface area contributed by atoms with Crippen LogP contribution in [0.1, 0.15) is 27.2 Å². The number of carboxylic acids is 2. The van der Waals surface area contributed by atoms with E-state index in [-0.39, 0.29) is 6.54 Å².